The standard InChI is InChI=1S/C13H29N3/c1-12(2)7-5-6-9-16-10-8-13(11-16)14-15(3)4/h12-14H,5-11H2,1-4H3/t13-/m0/s1. The van der Waals surface area contributed by atoms with Crippen molar-refractivity contribution in [1.29, 1.82) is 0 Å². The maximum absolute atomic E-state index is 3.47. The lowest BCUT2D eigenvalue weighted by atomic mass is 10.1. The van der Waals surface area contributed by atoms with Crippen LogP contribution in [0.15, 0.2) is 0 Å². The molecule has 3 nitrogen and oxygen atoms in total. The molecule has 1 heterocycles. The molecule has 16 heavy (non-hydrogen) atoms. The first-order valence-electron chi connectivity index (χ1n) is 6.73. The van der Waals surface area contributed by atoms with Crippen LogP contribution in [0.4, 0.5) is 0 Å². The van der Waals surface area contributed by atoms with Crippen molar-refractivity contribution < 1.29 is 0 Å². The first kappa shape index (κ1) is 13.9. The Kier molecular flexibility index (Phi) is 6.32. The molecule has 1 fully saturated rings. The molecule has 96 valence electrons. The summed E-state index contributed by atoms with van der Waals surface area (Å²) in [5.41, 5.74) is 3.47. The number of nitrogens with zero attached hydrogens (tertiary/aromatic N) is 2. The quantitative estimate of drug-likeness (QED) is 0.530. The fourth-order valence-electron chi connectivity index (χ4n) is 2.39. The first-order valence-corrected chi connectivity index (χ1v) is 6.73. The van der Waals surface area contributed by atoms with Crippen molar-refractivity contribution in [3.63, 3.8) is 0 Å². The number of hydrazine groups is 1. The van der Waals surface area contributed by atoms with E-state index >= 15 is 0 Å². The second kappa shape index (κ2) is 7.25. The van der Waals surface area contributed by atoms with Crippen LogP contribution in [0.1, 0.15) is 39.5 Å². The molecule has 1 saturated heterocycles. The van der Waals surface area contributed by atoms with Gasteiger partial charge in [0.1, 0.15) is 0 Å². The van der Waals surface area contributed by atoms with Gasteiger partial charge in [0.15, 0.2) is 0 Å². The van der Waals surface area contributed by atoms with Crippen LogP contribution in [0.3, 0.4) is 0 Å². The average Bonchev–Trinajstić information content (AvgIpc) is 2.59. The summed E-state index contributed by atoms with van der Waals surface area (Å²) >= 11 is 0. The largest absolute Gasteiger partial charge is 0.302 e. The topological polar surface area (TPSA) is 18.5 Å². The van der Waals surface area contributed by atoms with E-state index in [0.29, 0.717) is 6.04 Å². The minimum Gasteiger partial charge on any atom is -0.302 e. The van der Waals surface area contributed by atoms with E-state index in [2.05, 4.69) is 43.3 Å². The van der Waals surface area contributed by atoms with Gasteiger partial charge in [-0.15, -0.1) is 0 Å². The Morgan fingerprint density at radius 2 is 2.06 bits per heavy atom. The van der Waals surface area contributed by atoms with Crippen LogP contribution in [-0.4, -0.2) is 49.7 Å². The van der Waals surface area contributed by atoms with Gasteiger partial charge in [0.05, 0.1) is 0 Å². The van der Waals surface area contributed by atoms with Gasteiger partial charge >= 0.3 is 0 Å². The third kappa shape index (κ3) is 5.83. The minimum absolute atomic E-state index is 0.667. The van der Waals surface area contributed by atoms with E-state index in [-0.39, 0.29) is 0 Å². The summed E-state index contributed by atoms with van der Waals surface area (Å²) in [5, 5.41) is 2.08. The van der Waals surface area contributed by atoms with Crippen molar-refractivity contribution in [3.8, 4) is 0 Å². The molecule has 0 aromatic heterocycles. The zero-order chi connectivity index (χ0) is 12.0. The highest BCUT2D eigenvalue weighted by Crippen LogP contribution is 2.12. The first-order chi connectivity index (χ1) is 7.58. The Balaban J connectivity index is 2.03. The molecule has 0 amide bonds. The van der Waals surface area contributed by atoms with Gasteiger partial charge in [-0.1, -0.05) is 26.7 Å². The van der Waals surface area contributed by atoms with Crippen LogP contribution in [0.2, 0.25) is 0 Å². The predicted octanol–water partition coefficient (Wildman–Crippen LogP) is 1.95. The third-order valence-corrected chi connectivity index (χ3v) is 3.22. The van der Waals surface area contributed by atoms with E-state index in [1.54, 1.807) is 0 Å². The molecular formula is C13H29N3. The smallest absolute Gasteiger partial charge is 0.0354 e. The molecule has 1 N–H and O–H groups in total. The van der Waals surface area contributed by atoms with E-state index in [4.69, 9.17) is 0 Å². The molecule has 0 bridgehead atoms. The Morgan fingerprint density at radius 1 is 1.31 bits per heavy atom. The normalized spacial score (nSPS) is 22.5. The maximum Gasteiger partial charge on any atom is 0.0354 e. The predicted molar refractivity (Wildman–Crippen MR) is 70.4 cm³/mol. The summed E-state index contributed by atoms with van der Waals surface area (Å²) in [6, 6.07) is 0.667. The van der Waals surface area contributed by atoms with E-state index in [1.807, 2.05) is 0 Å². The van der Waals surface area contributed by atoms with E-state index in [9.17, 15) is 0 Å². The lowest BCUT2D eigenvalue weighted by Gasteiger charge is -2.20. The summed E-state index contributed by atoms with van der Waals surface area (Å²) in [4.78, 5) is 2.60. The van der Waals surface area contributed by atoms with Gasteiger partial charge in [0.25, 0.3) is 0 Å². The molecule has 0 aromatic carbocycles. The van der Waals surface area contributed by atoms with E-state index < -0.39 is 0 Å². The monoisotopic (exact) mass is 227 g/mol. The van der Waals surface area contributed by atoms with Gasteiger partial charge in [0, 0.05) is 26.7 Å². The summed E-state index contributed by atoms with van der Waals surface area (Å²) in [6.07, 6.45) is 5.43. The number of unbranched alkanes of at least 4 members (excludes halogenated alkanes) is 1. The maximum atomic E-state index is 3.47. The van der Waals surface area contributed by atoms with Crippen molar-refractivity contribution in [2.75, 3.05) is 33.7 Å². The zero-order valence-corrected chi connectivity index (χ0v) is 11.5. The molecule has 0 saturated carbocycles. The number of rotatable bonds is 7. The van der Waals surface area contributed by atoms with E-state index in [1.165, 1.54) is 45.3 Å². The lowest BCUT2D eigenvalue weighted by molar-refractivity contribution is 0.233. The molecule has 1 rings (SSSR count). The van der Waals surface area contributed by atoms with Crippen LogP contribution in [0.25, 0.3) is 0 Å². The molecule has 0 radical (unpaired) electrons. The summed E-state index contributed by atoms with van der Waals surface area (Å²) in [6.45, 7) is 8.41. The summed E-state index contributed by atoms with van der Waals surface area (Å²) in [7, 11) is 4.15. The molecule has 0 unspecified atom stereocenters. The number of nitrogens with one attached hydrogen (secondary N) is 1. The molecule has 1 atom stereocenters. The fourth-order valence-corrected chi connectivity index (χ4v) is 2.39. The van der Waals surface area contributed by atoms with Gasteiger partial charge < -0.3 is 4.90 Å². The van der Waals surface area contributed by atoms with Crippen molar-refractivity contribution in [2.45, 2.75) is 45.6 Å². The van der Waals surface area contributed by atoms with Crippen molar-refractivity contribution >= 4 is 0 Å². The fraction of sp³-hybridized carbons (Fsp3) is 1.00. The Hall–Kier alpha value is -0.120. The second-order valence-corrected chi connectivity index (χ2v) is 5.70. The number of likely N-dealkylation sites (tertiary alicyclic amines) is 1. The van der Waals surface area contributed by atoms with Gasteiger partial charge in [0.2, 0.25) is 0 Å². The van der Waals surface area contributed by atoms with Gasteiger partial charge in [-0.05, 0) is 31.8 Å². The van der Waals surface area contributed by atoms with Crippen LogP contribution in [-0.2, 0) is 0 Å². The highest BCUT2D eigenvalue weighted by atomic mass is 15.5. The van der Waals surface area contributed by atoms with Gasteiger partial charge in [-0.2, -0.15) is 0 Å². The van der Waals surface area contributed by atoms with Gasteiger partial charge in [-0.25, -0.2) is 0 Å². The molecule has 3 heteroatoms. The van der Waals surface area contributed by atoms with Crippen molar-refractivity contribution in [2.24, 2.45) is 5.92 Å². The highest BCUT2D eigenvalue weighted by molar-refractivity contribution is 4.79. The molecule has 0 spiro atoms. The Labute approximate surface area is 101 Å². The molecular weight excluding hydrogens is 198 g/mol. The lowest BCUT2D eigenvalue weighted by Crippen LogP contribution is -2.41. The highest BCUT2D eigenvalue weighted by Gasteiger charge is 2.21. The van der Waals surface area contributed by atoms with Crippen LogP contribution >= 0.6 is 0 Å². The SMILES string of the molecule is CC(C)CCCCN1CC[C@H](NN(C)C)C1. The number of hydrogen-bond donors (Lipinski definition) is 1. The second-order valence-electron chi connectivity index (χ2n) is 5.70. The zero-order valence-electron chi connectivity index (χ0n) is 11.5. The molecule has 1 aliphatic rings. The Morgan fingerprint density at radius 3 is 2.69 bits per heavy atom. The van der Waals surface area contributed by atoms with Crippen molar-refractivity contribution in [1.82, 2.24) is 15.3 Å². The van der Waals surface area contributed by atoms with Gasteiger partial charge in [-0.3, -0.25) is 10.4 Å². The minimum atomic E-state index is 0.667. The van der Waals surface area contributed by atoms with Crippen molar-refractivity contribution in [3.05, 3.63) is 0 Å². The third-order valence-electron chi connectivity index (χ3n) is 3.22. The average molecular weight is 227 g/mol. The molecule has 0 aliphatic carbocycles. The molecule has 0 aromatic rings. The summed E-state index contributed by atoms with van der Waals surface area (Å²) < 4.78 is 0. The number of hydrogen-bond acceptors (Lipinski definition) is 3. The Bertz CT molecular complexity index is 180. The summed E-state index contributed by atoms with van der Waals surface area (Å²) in [5.74, 6) is 0.863. The van der Waals surface area contributed by atoms with Crippen LogP contribution in [0, 0.1) is 5.92 Å². The van der Waals surface area contributed by atoms with Crippen LogP contribution in [0.5, 0.6) is 0 Å². The molecule has 1 aliphatic heterocycles. The van der Waals surface area contributed by atoms with Crippen LogP contribution < -0.4 is 5.43 Å². The van der Waals surface area contributed by atoms with E-state index in [0.717, 1.165) is 5.92 Å².